The summed E-state index contributed by atoms with van der Waals surface area (Å²) in [6.07, 6.45) is -5.29. The van der Waals surface area contributed by atoms with Crippen molar-refractivity contribution in [2.75, 3.05) is 5.32 Å². The van der Waals surface area contributed by atoms with Crippen molar-refractivity contribution in [1.82, 2.24) is 19.7 Å². The standard InChI is InChI=1S/C19H18F5N5O2/c1-9-4-12-16(29(9)7-11-5-13(28-31-11)19(22,23)24)25-10(2)15(26-12)27-14(30)6-17(3)8-18(17,20)21/h4-5H,6-8H2,1-3H3,(H,26,27,30)/t17-/m0/s1. The summed E-state index contributed by atoms with van der Waals surface area (Å²) in [6.45, 7) is 4.60. The van der Waals surface area contributed by atoms with Crippen LogP contribution in [-0.2, 0) is 17.5 Å². The van der Waals surface area contributed by atoms with Gasteiger partial charge in [-0.15, -0.1) is 0 Å². The van der Waals surface area contributed by atoms with Crippen LogP contribution < -0.4 is 5.32 Å². The van der Waals surface area contributed by atoms with E-state index in [1.54, 1.807) is 24.5 Å². The highest BCUT2D eigenvalue weighted by Gasteiger charge is 2.68. The van der Waals surface area contributed by atoms with Gasteiger partial charge in [0, 0.05) is 30.0 Å². The minimum absolute atomic E-state index is 0.0108. The summed E-state index contributed by atoms with van der Waals surface area (Å²) in [4.78, 5) is 20.9. The SMILES string of the molecule is Cc1nc2c(cc(C)n2Cc2cc(C(F)(F)F)no2)nc1NC(=O)C[C@@]1(C)CC1(F)F. The van der Waals surface area contributed by atoms with Crippen molar-refractivity contribution in [3.05, 3.63) is 35.0 Å². The summed E-state index contributed by atoms with van der Waals surface area (Å²) < 4.78 is 71.3. The number of rotatable bonds is 5. The molecule has 3 aromatic rings. The third-order valence-corrected chi connectivity index (χ3v) is 5.45. The molecule has 12 heteroatoms. The van der Waals surface area contributed by atoms with Gasteiger partial charge in [-0.2, -0.15) is 13.2 Å². The fourth-order valence-corrected chi connectivity index (χ4v) is 3.42. The molecule has 0 bridgehead atoms. The second kappa shape index (κ2) is 6.72. The molecule has 1 saturated carbocycles. The first-order chi connectivity index (χ1) is 14.3. The summed E-state index contributed by atoms with van der Waals surface area (Å²) in [7, 11) is 0. The fourth-order valence-electron chi connectivity index (χ4n) is 3.42. The number of carbonyl (C=O) groups is 1. The van der Waals surface area contributed by atoms with Crippen LogP contribution in [0.3, 0.4) is 0 Å². The highest BCUT2D eigenvalue weighted by molar-refractivity contribution is 5.92. The van der Waals surface area contributed by atoms with Gasteiger partial charge in [-0.1, -0.05) is 12.1 Å². The average molecular weight is 443 g/mol. The first-order valence-corrected chi connectivity index (χ1v) is 9.34. The van der Waals surface area contributed by atoms with Crippen molar-refractivity contribution in [1.29, 1.82) is 0 Å². The van der Waals surface area contributed by atoms with Crippen LogP contribution in [-0.4, -0.2) is 31.5 Å². The zero-order valence-electron chi connectivity index (χ0n) is 16.8. The van der Waals surface area contributed by atoms with Crippen LogP contribution in [0.2, 0.25) is 0 Å². The quantitative estimate of drug-likeness (QED) is 0.588. The van der Waals surface area contributed by atoms with Crippen molar-refractivity contribution in [3.8, 4) is 0 Å². The van der Waals surface area contributed by atoms with Crippen LogP contribution in [0.25, 0.3) is 11.2 Å². The Morgan fingerprint density at radius 2 is 1.94 bits per heavy atom. The Kier molecular flexibility index (Phi) is 4.60. The number of anilines is 1. The molecule has 0 unspecified atom stereocenters. The monoisotopic (exact) mass is 443 g/mol. The molecule has 31 heavy (non-hydrogen) atoms. The Labute approximate surface area is 172 Å². The van der Waals surface area contributed by atoms with E-state index in [0.717, 1.165) is 6.07 Å². The van der Waals surface area contributed by atoms with Crippen LogP contribution in [0.1, 0.15) is 42.6 Å². The molecule has 0 saturated heterocycles. The Morgan fingerprint density at radius 3 is 2.52 bits per heavy atom. The third-order valence-electron chi connectivity index (χ3n) is 5.45. The lowest BCUT2D eigenvalue weighted by Crippen LogP contribution is -2.20. The number of aryl methyl sites for hydroxylation is 2. The van der Waals surface area contributed by atoms with E-state index in [1.165, 1.54) is 6.92 Å². The van der Waals surface area contributed by atoms with E-state index in [0.29, 0.717) is 22.6 Å². The third kappa shape index (κ3) is 3.86. The number of fused-ring (bicyclic) bond motifs is 1. The normalized spacial score (nSPS) is 20.3. The molecule has 1 amide bonds. The molecule has 0 aromatic carbocycles. The van der Waals surface area contributed by atoms with E-state index in [9.17, 15) is 26.7 Å². The summed E-state index contributed by atoms with van der Waals surface area (Å²) >= 11 is 0. The van der Waals surface area contributed by atoms with Crippen LogP contribution >= 0.6 is 0 Å². The van der Waals surface area contributed by atoms with E-state index in [4.69, 9.17) is 4.52 Å². The maximum Gasteiger partial charge on any atom is 0.436 e. The maximum absolute atomic E-state index is 13.4. The van der Waals surface area contributed by atoms with E-state index >= 15 is 0 Å². The van der Waals surface area contributed by atoms with Crippen LogP contribution in [0.15, 0.2) is 16.7 Å². The molecule has 0 radical (unpaired) electrons. The van der Waals surface area contributed by atoms with Gasteiger partial charge in [0.2, 0.25) is 5.91 Å². The van der Waals surface area contributed by atoms with E-state index in [1.807, 2.05) is 0 Å². The molecule has 166 valence electrons. The number of carbonyl (C=O) groups excluding carboxylic acids is 1. The van der Waals surface area contributed by atoms with Gasteiger partial charge in [0.05, 0.1) is 12.2 Å². The maximum atomic E-state index is 13.4. The predicted octanol–water partition coefficient (Wildman–Crippen LogP) is 4.48. The minimum atomic E-state index is -4.61. The number of alkyl halides is 5. The minimum Gasteiger partial charge on any atom is -0.359 e. The topological polar surface area (TPSA) is 85.8 Å². The highest BCUT2D eigenvalue weighted by atomic mass is 19.4. The molecule has 4 rings (SSSR count). The molecule has 1 aliphatic carbocycles. The van der Waals surface area contributed by atoms with Gasteiger partial charge < -0.3 is 14.4 Å². The predicted molar refractivity (Wildman–Crippen MR) is 98.5 cm³/mol. The number of nitrogens with zero attached hydrogens (tertiary/aromatic N) is 4. The first kappa shape index (κ1) is 21.2. The van der Waals surface area contributed by atoms with Crippen molar-refractivity contribution >= 4 is 22.9 Å². The van der Waals surface area contributed by atoms with Crippen molar-refractivity contribution in [2.24, 2.45) is 5.41 Å². The molecule has 3 aromatic heterocycles. The highest BCUT2D eigenvalue weighted by Crippen LogP contribution is 2.62. The van der Waals surface area contributed by atoms with Gasteiger partial charge >= 0.3 is 6.18 Å². The van der Waals surface area contributed by atoms with Gasteiger partial charge in [-0.05, 0) is 19.9 Å². The van der Waals surface area contributed by atoms with Crippen LogP contribution in [0.5, 0.6) is 0 Å². The molecule has 1 aliphatic rings. The Morgan fingerprint density at radius 1 is 1.26 bits per heavy atom. The number of nitrogens with one attached hydrogen (secondary N) is 1. The van der Waals surface area contributed by atoms with E-state index in [-0.39, 0.29) is 31.0 Å². The average Bonchev–Trinajstić information content (AvgIpc) is 2.97. The number of halogens is 5. The van der Waals surface area contributed by atoms with Crippen LogP contribution in [0, 0.1) is 19.3 Å². The van der Waals surface area contributed by atoms with Crippen molar-refractivity contribution in [2.45, 2.75) is 52.3 Å². The van der Waals surface area contributed by atoms with Gasteiger partial charge in [0.25, 0.3) is 5.92 Å². The number of amides is 1. The molecule has 1 atom stereocenters. The number of aromatic nitrogens is 4. The summed E-state index contributed by atoms with van der Waals surface area (Å²) in [5.41, 5.74) is -0.738. The molecular formula is C19H18F5N5O2. The lowest BCUT2D eigenvalue weighted by Gasteiger charge is -2.12. The van der Waals surface area contributed by atoms with E-state index in [2.05, 4.69) is 20.4 Å². The van der Waals surface area contributed by atoms with Crippen LogP contribution in [0.4, 0.5) is 27.8 Å². The zero-order valence-corrected chi connectivity index (χ0v) is 16.8. The van der Waals surface area contributed by atoms with Gasteiger partial charge in [0.1, 0.15) is 5.52 Å². The lowest BCUT2D eigenvalue weighted by molar-refractivity contribution is -0.142. The molecule has 7 nitrogen and oxygen atoms in total. The number of hydrogen-bond acceptors (Lipinski definition) is 5. The van der Waals surface area contributed by atoms with Gasteiger partial charge in [-0.3, -0.25) is 4.79 Å². The van der Waals surface area contributed by atoms with Gasteiger partial charge in [-0.25, -0.2) is 18.7 Å². The summed E-state index contributed by atoms with van der Waals surface area (Å²) in [6, 6.07) is 2.46. The van der Waals surface area contributed by atoms with Gasteiger partial charge in [0.15, 0.2) is 22.9 Å². The molecule has 0 spiro atoms. The molecule has 1 N–H and O–H groups in total. The first-order valence-electron chi connectivity index (χ1n) is 9.34. The molecule has 1 fully saturated rings. The summed E-state index contributed by atoms with van der Waals surface area (Å²) in [5.74, 6) is -3.31. The lowest BCUT2D eigenvalue weighted by atomic mass is 10.0. The molecular weight excluding hydrogens is 425 g/mol. The smallest absolute Gasteiger partial charge is 0.359 e. The number of hydrogen-bond donors (Lipinski definition) is 1. The van der Waals surface area contributed by atoms with Crippen molar-refractivity contribution in [3.63, 3.8) is 0 Å². The fraction of sp³-hybridized carbons (Fsp3) is 0.474. The molecule has 3 heterocycles. The van der Waals surface area contributed by atoms with Crippen molar-refractivity contribution < 1.29 is 31.3 Å². The largest absolute Gasteiger partial charge is 0.436 e. The second-order valence-electron chi connectivity index (χ2n) is 8.08. The molecule has 0 aliphatic heterocycles. The second-order valence-corrected chi connectivity index (χ2v) is 8.08. The van der Waals surface area contributed by atoms with E-state index < -0.39 is 29.1 Å². The Bertz CT molecular complexity index is 1180. The zero-order chi connectivity index (χ0) is 22.8. The Hall–Kier alpha value is -3.05. The summed E-state index contributed by atoms with van der Waals surface area (Å²) in [5, 5.41) is 5.56. The Balaban J connectivity index is 1.56.